The van der Waals surface area contributed by atoms with Gasteiger partial charge in [-0.2, -0.15) is 10.2 Å². The average Bonchev–Trinajstić information content (AvgIpc) is 3.14. The number of aryl methyl sites for hydroxylation is 2. The highest BCUT2D eigenvalue weighted by Gasteiger charge is 2.23. The van der Waals surface area contributed by atoms with Gasteiger partial charge in [-0.25, -0.2) is 4.68 Å². The number of amides is 1. The van der Waals surface area contributed by atoms with Gasteiger partial charge in [0.15, 0.2) is 0 Å². The summed E-state index contributed by atoms with van der Waals surface area (Å²) >= 11 is 0. The van der Waals surface area contributed by atoms with E-state index < -0.39 is 0 Å². The highest BCUT2D eigenvalue weighted by atomic mass is 16.5. The minimum Gasteiger partial charge on any atom is -0.374 e. The second-order valence-corrected chi connectivity index (χ2v) is 7.34. The molecular formula is C19H26N6O3. The van der Waals surface area contributed by atoms with Gasteiger partial charge in [-0.1, -0.05) is 0 Å². The van der Waals surface area contributed by atoms with Gasteiger partial charge in [-0.15, -0.1) is 0 Å². The second-order valence-electron chi connectivity index (χ2n) is 7.34. The highest BCUT2D eigenvalue weighted by Crippen LogP contribution is 2.18. The molecule has 0 bridgehead atoms. The molecule has 0 spiro atoms. The lowest BCUT2D eigenvalue weighted by molar-refractivity contribution is 0.0353. The van der Waals surface area contributed by atoms with Crippen molar-refractivity contribution in [3.8, 4) is 0 Å². The van der Waals surface area contributed by atoms with Gasteiger partial charge in [0.05, 0.1) is 42.0 Å². The minimum absolute atomic E-state index is 0.000754. The van der Waals surface area contributed by atoms with E-state index in [1.54, 1.807) is 25.5 Å². The number of fused-ring (bicyclic) bond motifs is 1. The summed E-state index contributed by atoms with van der Waals surface area (Å²) in [5, 5.41) is 11.4. The summed E-state index contributed by atoms with van der Waals surface area (Å²) in [5.74, 6) is -0.0634. The number of nitrogens with one attached hydrogen (secondary N) is 1. The molecule has 1 saturated heterocycles. The van der Waals surface area contributed by atoms with Gasteiger partial charge in [0, 0.05) is 39.3 Å². The maximum atomic E-state index is 12.5. The summed E-state index contributed by atoms with van der Waals surface area (Å²) in [6.45, 7) is 3.42. The molecule has 0 unspecified atom stereocenters. The Bertz CT molecular complexity index is 905. The van der Waals surface area contributed by atoms with E-state index in [4.69, 9.17) is 4.74 Å². The van der Waals surface area contributed by atoms with Gasteiger partial charge in [0.2, 0.25) is 0 Å². The van der Waals surface area contributed by atoms with E-state index in [1.165, 1.54) is 4.68 Å². The molecule has 0 aromatic carbocycles. The van der Waals surface area contributed by atoms with Crippen molar-refractivity contribution in [2.45, 2.75) is 38.3 Å². The van der Waals surface area contributed by atoms with Crippen LogP contribution >= 0.6 is 0 Å². The Morgan fingerprint density at radius 3 is 3.04 bits per heavy atom. The fourth-order valence-corrected chi connectivity index (χ4v) is 3.81. The SMILES string of the molecule is Cn1ncc(N2CCO[C@@H](CCNC(=O)c3cnn4c3CCCC4)C2)cc1=O. The second kappa shape index (κ2) is 8.14. The molecule has 2 aromatic heterocycles. The summed E-state index contributed by atoms with van der Waals surface area (Å²) in [6, 6.07) is 1.60. The molecule has 9 nitrogen and oxygen atoms in total. The molecule has 9 heteroatoms. The smallest absolute Gasteiger partial charge is 0.268 e. The number of aromatic nitrogens is 4. The topological polar surface area (TPSA) is 94.3 Å². The van der Waals surface area contributed by atoms with Crippen molar-refractivity contribution in [2.75, 3.05) is 31.1 Å². The Labute approximate surface area is 163 Å². The fourth-order valence-electron chi connectivity index (χ4n) is 3.81. The van der Waals surface area contributed by atoms with E-state index >= 15 is 0 Å². The molecule has 1 amide bonds. The van der Waals surface area contributed by atoms with Crippen LogP contribution in [0.3, 0.4) is 0 Å². The molecule has 1 fully saturated rings. The normalized spacial score (nSPS) is 19.3. The first-order valence-corrected chi connectivity index (χ1v) is 9.84. The van der Waals surface area contributed by atoms with Crippen LogP contribution in [0.25, 0.3) is 0 Å². The molecule has 0 radical (unpaired) electrons. The van der Waals surface area contributed by atoms with Crippen LogP contribution in [0.4, 0.5) is 5.69 Å². The molecule has 2 aliphatic heterocycles. The number of hydrogen-bond acceptors (Lipinski definition) is 6. The predicted octanol–water partition coefficient (Wildman–Crippen LogP) is 0.338. The van der Waals surface area contributed by atoms with Crippen molar-refractivity contribution < 1.29 is 9.53 Å². The Hall–Kier alpha value is -2.68. The number of ether oxygens (including phenoxy) is 1. The van der Waals surface area contributed by atoms with E-state index in [1.807, 2.05) is 4.68 Å². The van der Waals surface area contributed by atoms with Gasteiger partial charge in [-0.3, -0.25) is 14.3 Å². The van der Waals surface area contributed by atoms with Crippen LogP contribution < -0.4 is 15.8 Å². The number of anilines is 1. The number of nitrogens with zero attached hydrogens (tertiary/aromatic N) is 5. The van der Waals surface area contributed by atoms with Crippen LogP contribution in [-0.2, 0) is 24.8 Å². The van der Waals surface area contributed by atoms with Gasteiger partial charge in [-0.05, 0) is 25.7 Å². The quantitative estimate of drug-likeness (QED) is 0.796. The van der Waals surface area contributed by atoms with Crippen LogP contribution in [0.5, 0.6) is 0 Å². The molecule has 150 valence electrons. The lowest BCUT2D eigenvalue weighted by Gasteiger charge is -2.34. The number of morpholine rings is 1. The van der Waals surface area contributed by atoms with E-state index in [9.17, 15) is 9.59 Å². The first-order chi connectivity index (χ1) is 13.6. The number of rotatable bonds is 5. The Morgan fingerprint density at radius 2 is 2.18 bits per heavy atom. The van der Waals surface area contributed by atoms with Crippen molar-refractivity contribution in [3.05, 3.63) is 40.1 Å². The Balaban J connectivity index is 1.30. The Morgan fingerprint density at radius 1 is 1.29 bits per heavy atom. The first kappa shape index (κ1) is 18.7. The fraction of sp³-hybridized carbons (Fsp3) is 0.579. The zero-order valence-electron chi connectivity index (χ0n) is 16.1. The zero-order valence-corrected chi connectivity index (χ0v) is 16.1. The van der Waals surface area contributed by atoms with E-state index in [2.05, 4.69) is 20.4 Å². The summed E-state index contributed by atoms with van der Waals surface area (Å²) in [7, 11) is 1.63. The number of carbonyl (C=O) groups excluding carboxylic acids is 1. The molecule has 0 aliphatic carbocycles. The van der Waals surface area contributed by atoms with Crippen LogP contribution in [-0.4, -0.2) is 57.8 Å². The predicted molar refractivity (Wildman–Crippen MR) is 104 cm³/mol. The molecule has 4 rings (SSSR count). The highest BCUT2D eigenvalue weighted by molar-refractivity contribution is 5.95. The molecule has 0 saturated carbocycles. The van der Waals surface area contributed by atoms with E-state index in [-0.39, 0.29) is 17.6 Å². The lowest BCUT2D eigenvalue weighted by atomic mass is 10.1. The molecule has 2 aliphatic rings. The minimum atomic E-state index is -0.127. The van der Waals surface area contributed by atoms with Crippen molar-refractivity contribution >= 4 is 11.6 Å². The Kier molecular flexibility index (Phi) is 5.43. The summed E-state index contributed by atoms with van der Waals surface area (Å²) in [6.07, 6.45) is 7.23. The van der Waals surface area contributed by atoms with Gasteiger partial charge in [0.25, 0.3) is 11.5 Å². The number of carbonyl (C=O) groups is 1. The van der Waals surface area contributed by atoms with Crippen molar-refractivity contribution in [2.24, 2.45) is 7.05 Å². The van der Waals surface area contributed by atoms with E-state index in [0.717, 1.165) is 43.7 Å². The van der Waals surface area contributed by atoms with Crippen LogP contribution in [0.15, 0.2) is 23.3 Å². The molecule has 28 heavy (non-hydrogen) atoms. The molecule has 4 heterocycles. The molecule has 2 aromatic rings. The lowest BCUT2D eigenvalue weighted by Crippen LogP contribution is -2.44. The van der Waals surface area contributed by atoms with Gasteiger partial charge >= 0.3 is 0 Å². The van der Waals surface area contributed by atoms with Crippen molar-refractivity contribution in [3.63, 3.8) is 0 Å². The largest absolute Gasteiger partial charge is 0.374 e. The third kappa shape index (κ3) is 3.94. The standard InChI is InChI=1S/C19H26N6O3/c1-23-18(26)10-14(11-21-23)24-8-9-28-15(13-24)5-6-20-19(27)16-12-22-25-7-3-2-4-17(16)25/h10-12,15H,2-9,13H2,1H3,(H,20,27)/t15-/m0/s1. The van der Waals surface area contributed by atoms with Crippen LogP contribution in [0.1, 0.15) is 35.3 Å². The maximum Gasteiger partial charge on any atom is 0.268 e. The maximum absolute atomic E-state index is 12.5. The van der Waals surface area contributed by atoms with Gasteiger partial charge in [0.1, 0.15) is 0 Å². The number of hydrogen-bond donors (Lipinski definition) is 1. The zero-order chi connectivity index (χ0) is 19.5. The third-order valence-electron chi connectivity index (χ3n) is 5.44. The molecule has 1 atom stereocenters. The third-order valence-corrected chi connectivity index (χ3v) is 5.44. The van der Waals surface area contributed by atoms with Crippen molar-refractivity contribution in [1.29, 1.82) is 0 Å². The van der Waals surface area contributed by atoms with E-state index in [0.29, 0.717) is 31.7 Å². The first-order valence-electron chi connectivity index (χ1n) is 9.84. The van der Waals surface area contributed by atoms with Crippen LogP contribution in [0.2, 0.25) is 0 Å². The van der Waals surface area contributed by atoms with Gasteiger partial charge < -0.3 is 15.0 Å². The molecule has 1 N–H and O–H groups in total. The van der Waals surface area contributed by atoms with Crippen LogP contribution in [0, 0.1) is 0 Å². The van der Waals surface area contributed by atoms with Crippen molar-refractivity contribution in [1.82, 2.24) is 24.9 Å². The summed E-state index contributed by atoms with van der Waals surface area (Å²) in [5.41, 5.74) is 2.42. The molecular weight excluding hydrogens is 360 g/mol. The average molecular weight is 386 g/mol. The summed E-state index contributed by atoms with van der Waals surface area (Å²) in [4.78, 5) is 26.4. The monoisotopic (exact) mass is 386 g/mol. The summed E-state index contributed by atoms with van der Waals surface area (Å²) < 4.78 is 9.09.